The average Bonchev–Trinajstić information content (AvgIpc) is 2.89. The van der Waals surface area contributed by atoms with Gasteiger partial charge in [0.15, 0.2) is 6.61 Å². The van der Waals surface area contributed by atoms with Crippen molar-refractivity contribution in [3.63, 3.8) is 0 Å². The standard InChI is InChI=1S/C17H21N3O2/c1-12-5-4-6-16(13(12)2)22-10-17(21)20-8-7-14-15(9-20)19(3)11-18-14/h4-6,11H,7-10H2,1-3H3. The molecule has 2 heterocycles. The molecular weight excluding hydrogens is 278 g/mol. The highest BCUT2D eigenvalue weighted by atomic mass is 16.5. The quantitative estimate of drug-likeness (QED) is 0.871. The van der Waals surface area contributed by atoms with E-state index in [2.05, 4.69) is 4.98 Å². The lowest BCUT2D eigenvalue weighted by atomic mass is 10.1. The van der Waals surface area contributed by atoms with Crippen LogP contribution in [-0.2, 0) is 24.8 Å². The molecule has 3 rings (SSSR count). The van der Waals surface area contributed by atoms with Gasteiger partial charge < -0.3 is 14.2 Å². The second kappa shape index (κ2) is 5.83. The summed E-state index contributed by atoms with van der Waals surface area (Å²) >= 11 is 0. The zero-order chi connectivity index (χ0) is 15.7. The molecule has 0 saturated heterocycles. The van der Waals surface area contributed by atoms with Crippen molar-refractivity contribution in [1.29, 1.82) is 0 Å². The molecule has 5 nitrogen and oxygen atoms in total. The maximum absolute atomic E-state index is 12.4. The minimum Gasteiger partial charge on any atom is -0.483 e. The highest BCUT2D eigenvalue weighted by Crippen LogP contribution is 2.21. The van der Waals surface area contributed by atoms with E-state index in [1.54, 1.807) is 0 Å². The van der Waals surface area contributed by atoms with Gasteiger partial charge >= 0.3 is 0 Å². The van der Waals surface area contributed by atoms with Gasteiger partial charge in [-0.05, 0) is 31.0 Å². The number of carbonyl (C=O) groups excluding carboxylic acids is 1. The van der Waals surface area contributed by atoms with E-state index < -0.39 is 0 Å². The highest BCUT2D eigenvalue weighted by molar-refractivity contribution is 5.78. The molecule has 0 fully saturated rings. The predicted molar refractivity (Wildman–Crippen MR) is 83.7 cm³/mol. The summed E-state index contributed by atoms with van der Waals surface area (Å²) in [6, 6.07) is 5.90. The highest BCUT2D eigenvalue weighted by Gasteiger charge is 2.23. The average molecular weight is 299 g/mol. The summed E-state index contributed by atoms with van der Waals surface area (Å²) in [7, 11) is 1.96. The molecule has 0 N–H and O–H groups in total. The van der Waals surface area contributed by atoms with E-state index in [1.165, 1.54) is 5.56 Å². The number of hydrogen-bond acceptors (Lipinski definition) is 3. The molecule has 5 heteroatoms. The molecule has 1 aliphatic heterocycles. The lowest BCUT2D eigenvalue weighted by Crippen LogP contribution is -2.39. The molecule has 0 atom stereocenters. The monoisotopic (exact) mass is 299 g/mol. The van der Waals surface area contributed by atoms with Gasteiger partial charge in [0, 0.05) is 20.0 Å². The first kappa shape index (κ1) is 14.6. The van der Waals surface area contributed by atoms with Crippen LogP contribution in [0.1, 0.15) is 22.5 Å². The van der Waals surface area contributed by atoms with Crippen molar-refractivity contribution in [2.45, 2.75) is 26.8 Å². The Morgan fingerprint density at radius 1 is 1.36 bits per heavy atom. The van der Waals surface area contributed by atoms with E-state index in [4.69, 9.17) is 4.74 Å². The smallest absolute Gasteiger partial charge is 0.260 e. The van der Waals surface area contributed by atoms with Crippen molar-refractivity contribution < 1.29 is 9.53 Å². The largest absolute Gasteiger partial charge is 0.483 e. The molecule has 0 radical (unpaired) electrons. The van der Waals surface area contributed by atoms with Crippen molar-refractivity contribution in [3.05, 3.63) is 47.0 Å². The zero-order valence-electron chi connectivity index (χ0n) is 13.3. The number of hydrogen-bond donors (Lipinski definition) is 0. The molecule has 0 aliphatic carbocycles. The van der Waals surface area contributed by atoms with Crippen LogP contribution >= 0.6 is 0 Å². The van der Waals surface area contributed by atoms with Crippen LogP contribution in [0, 0.1) is 13.8 Å². The Labute approximate surface area is 130 Å². The van der Waals surface area contributed by atoms with Crippen molar-refractivity contribution in [2.75, 3.05) is 13.2 Å². The van der Waals surface area contributed by atoms with Crippen LogP contribution < -0.4 is 4.74 Å². The second-order valence-corrected chi connectivity index (χ2v) is 5.80. The van der Waals surface area contributed by atoms with E-state index >= 15 is 0 Å². The fourth-order valence-corrected chi connectivity index (χ4v) is 2.74. The fourth-order valence-electron chi connectivity index (χ4n) is 2.74. The third-order valence-electron chi connectivity index (χ3n) is 4.36. The molecule has 0 unspecified atom stereocenters. The van der Waals surface area contributed by atoms with Crippen LogP contribution in [0.3, 0.4) is 0 Å². The Kier molecular flexibility index (Phi) is 3.88. The zero-order valence-corrected chi connectivity index (χ0v) is 13.3. The third kappa shape index (κ3) is 2.71. The van der Waals surface area contributed by atoms with Gasteiger partial charge in [-0.25, -0.2) is 4.98 Å². The van der Waals surface area contributed by atoms with Crippen LogP contribution in [0.4, 0.5) is 0 Å². The molecule has 1 aromatic heterocycles. The Balaban J connectivity index is 1.64. The van der Waals surface area contributed by atoms with E-state index in [0.29, 0.717) is 13.1 Å². The number of aromatic nitrogens is 2. The molecule has 0 saturated carbocycles. The number of imidazole rings is 1. The van der Waals surface area contributed by atoms with Crippen molar-refractivity contribution in [2.24, 2.45) is 7.05 Å². The Morgan fingerprint density at radius 3 is 3.00 bits per heavy atom. The summed E-state index contributed by atoms with van der Waals surface area (Å²) in [6.45, 7) is 5.45. The van der Waals surface area contributed by atoms with Crippen LogP contribution in [0.2, 0.25) is 0 Å². The molecule has 1 amide bonds. The first-order valence-corrected chi connectivity index (χ1v) is 7.52. The normalized spacial score (nSPS) is 13.9. The van der Waals surface area contributed by atoms with E-state index in [-0.39, 0.29) is 12.5 Å². The van der Waals surface area contributed by atoms with Crippen LogP contribution in [0.5, 0.6) is 5.75 Å². The molecule has 2 aromatic rings. The molecule has 22 heavy (non-hydrogen) atoms. The lowest BCUT2D eigenvalue weighted by molar-refractivity contribution is -0.134. The van der Waals surface area contributed by atoms with Gasteiger partial charge in [0.25, 0.3) is 5.91 Å². The van der Waals surface area contributed by atoms with Gasteiger partial charge in [0.1, 0.15) is 5.75 Å². The van der Waals surface area contributed by atoms with E-state index in [1.807, 2.05) is 54.9 Å². The molecule has 1 aliphatic rings. The van der Waals surface area contributed by atoms with Gasteiger partial charge in [0.05, 0.1) is 24.3 Å². The van der Waals surface area contributed by atoms with Gasteiger partial charge in [-0.15, -0.1) is 0 Å². The maximum Gasteiger partial charge on any atom is 0.260 e. The van der Waals surface area contributed by atoms with E-state index in [9.17, 15) is 4.79 Å². The molecular formula is C17H21N3O2. The van der Waals surface area contributed by atoms with Crippen LogP contribution in [-0.4, -0.2) is 33.5 Å². The summed E-state index contributed by atoms with van der Waals surface area (Å²) in [5.74, 6) is 0.805. The van der Waals surface area contributed by atoms with Gasteiger partial charge in [-0.1, -0.05) is 12.1 Å². The van der Waals surface area contributed by atoms with Crippen molar-refractivity contribution in [1.82, 2.24) is 14.5 Å². The number of benzene rings is 1. The first-order valence-electron chi connectivity index (χ1n) is 7.52. The number of aryl methyl sites for hydroxylation is 2. The number of fused-ring (bicyclic) bond motifs is 1. The summed E-state index contributed by atoms with van der Waals surface area (Å²) in [5, 5.41) is 0. The second-order valence-electron chi connectivity index (χ2n) is 5.80. The molecule has 0 bridgehead atoms. The lowest BCUT2D eigenvalue weighted by Gasteiger charge is -2.27. The number of nitrogens with zero attached hydrogens (tertiary/aromatic N) is 3. The van der Waals surface area contributed by atoms with Gasteiger partial charge in [0.2, 0.25) is 0 Å². The summed E-state index contributed by atoms with van der Waals surface area (Å²) in [4.78, 5) is 18.6. The van der Waals surface area contributed by atoms with E-state index in [0.717, 1.165) is 29.1 Å². The number of rotatable bonds is 3. The Hall–Kier alpha value is -2.30. The Bertz CT molecular complexity index is 706. The Morgan fingerprint density at radius 2 is 2.18 bits per heavy atom. The molecule has 116 valence electrons. The topological polar surface area (TPSA) is 47.4 Å². The summed E-state index contributed by atoms with van der Waals surface area (Å²) in [5.41, 5.74) is 4.47. The third-order valence-corrected chi connectivity index (χ3v) is 4.36. The van der Waals surface area contributed by atoms with Gasteiger partial charge in [-0.2, -0.15) is 0 Å². The molecule has 1 aromatic carbocycles. The maximum atomic E-state index is 12.4. The summed E-state index contributed by atoms with van der Waals surface area (Å²) < 4.78 is 7.71. The van der Waals surface area contributed by atoms with Crippen LogP contribution in [0.15, 0.2) is 24.5 Å². The van der Waals surface area contributed by atoms with Crippen molar-refractivity contribution in [3.8, 4) is 5.75 Å². The fraction of sp³-hybridized carbons (Fsp3) is 0.412. The minimum absolute atomic E-state index is 0.0211. The van der Waals surface area contributed by atoms with Crippen molar-refractivity contribution >= 4 is 5.91 Å². The first-order chi connectivity index (χ1) is 10.6. The number of amides is 1. The summed E-state index contributed by atoms with van der Waals surface area (Å²) in [6.07, 6.45) is 2.62. The van der Waals surface area contributed by atoms with Crippen LogP contribution in [0.25, 0.3) is 0 Å². The number of carbonyl (C=O) groups is 1. The predicted octanol–water partition coefficient (Wildman–Crippen LogP) is 2.00. The van der Waals surface area contributed by atoms with Gasteiger partial charge in [-0.3, -0.25) is 4.79 Å². The minimum atomic E-state index is 0.0211. The molecule has 0 spiro atoms. The SMILES string of the molecule is Cc1cccc(OCC(=O)N2CCc3ncn(C)c3C2)c1C. The number of ether oxygens (including phenoxy) is 1.